The molecule has 1 N–H and O–H groups in total. The quantitative estimate of drug-likeness (QED) is 0.412. The monoisotopic (exact) mass is 552 g/mol. The van der Waals surface area contributed by atoms with Crippen LogP contribution in [-0.4, -0.2) is 27.4 Å². The molecular formula is C22H19Br2ClN2O3. The molecule has 0 bridgehead atoms. The van der Waals surface area contributed by atoms with Gasteiger partial charge in [0, 0.05) is 20.4 Å². The smallest absolute Gasteiger partial charge is 0.257 e. The molecule has 1 heterocycles. The third-order valence-electron chi connectivity index (χ3n) is 5.75. The minimum Gasteiger partial charge on any atom is -0.322 e. The van der Waals surface area contributed by atoms with E-state index in [1.54, 1.807) is 36.4 Å². The molecule has 156 valence electrons. The first-order chi connectivity index (χ1) is 14.3. The predicted molar refractivity (Wildman–Crippen MR) is 125 cm³/mol. The molecule has 1 saturated heterocycles. The Morgan fingerprint density at radius 2 is 1.63 bits per heavy atom. The Labute approximate surface area is 196 Å². The number of aryl methyl sites for hydroxylation is 1. The van der Waals surface area contributed by atoms with Crippen molar-refractivity contribution in [3.8, 4) is 0 Å². The molecule has 4 atom stereocenters. The van der Waals surface area contributed by atoms with Gasteiger partial charge in [0.1, 0.15) is 0 Å². The van der Waals surface area contributed by atoms with Gasteiger partial charge >= 0.3 is 0 Å². The minimum atomic E-state index is -0.400. The Morgan fingerprint density at radius 3 is 2.27 bits per heavy atom. The van der Waals surface area contributed by atoms with Gasteiger partial charge in [0.05, 0.1) is 23.1 Å². The van der Waals surface area contributed by atoms with Crippen molar-refractivity contribution in [1.29, 1.82) is 0 Å². The molecule has 8 heteroatoms. The molecule has 2 aliphatic rings. The van der Waals surface area contributed by atoms with Crippen LogP contribution in [0.3, 0.4) is 0 Å². The number of nitrogens with one attached hydrogen (secondary N) is 1. The summed E-state index contributed by atoms with van der Waals surface area (Å²) in [6.45, 7) is 1.86. The number of rotatable bonds is 3. The number of alkyl halides is 2. The zero-order valence-electron chi connectivity index (χ0n) is 16.1. The summed E-state index contributed by atoms with van der Waals surface area (Å²) in [5, 5.41) is 3.36. The third-order valence-corrected chi connectivity index (χ3v) is 8.72. The van der Waals surface area contributed by atoms with Crippen LogP contribution in [0.15, 0.2) is 42.5 Å². The highest BCUT2D eigenvalue weighted by atomic mass is 79.9. The number of carbonyl (C=O) groups is 3. The normalized spacial score (nSPS) is 25.9. The van der Waals surface area contributed by atoms with Crippen molar-refractivity contribution in [1.82, 2.24) is 0 Å². The Hall–Kier alpha value is -1.70. The van der Waals surface area contributed by atoms with Crippen LogP contribution in [0.2, 0.25) is 5.02 Å². The molecule has 0 radical (unpaired) electrons. The van der Waals surface area contributed by atoms with Crippen molar-refractivity contribution >= 4 is 72.6 Å². The Bertz CT molecular complexity index is 1020. The van der Waals surface area contributed by atoms with Crippen molar-refractivity contribution in [2.45, 2.75) is 29.4 Å². The highest BCUT2D eigenvalue weighted by molar-refractivity contribution is 9.12. The summed E-state index contributed by atoms with van der Waals surface area (Å²) in [6.07, 6.45) is 1.16. The number of hydrogen-bond acceptors (Lipinski definition) is 3. The summed E-state index contributed by atoms with van der Waals surface area (Å²) < 4.78 is 0. The van der Waals surface area contributed by atoms with Crippen LogP contribution < -0.4 is 10.2 Å². The number of hydrogen-bond donors (Lipinski definition) is 1. The maximum Gasteiger partial charge on any atom is 0.257 e. The molecule has 3 amide bonds. The molecule has 2 fully saturated rings. The zero-order chi connectivity index (χ0) is 21.6. The molecule has 2 aromatic carbocycles. The lowest BCUT2D eigenvalue weighted by molar-refractivity contribution is -0.122. The molecule has 4 rings (SSSR count). The largest absolute Gasteiger partial charge is 0.322 e. The van der Waals surface area contributed by atoms with E-state index < -0.39 is 5.91 Å². The van der Waals surface area contributed by atoms with Crippen molar-refractivity contribution < 1.29 is 14.4 Å². The van der Waals surface area contributed by atoms with Gasteiger partial charge in [0.15, 0.2) is 0 Å². The van der Waals surface area contributed by atoms with Gasteiger partial charge < -0.3 is 5.32 Å². The summed E-state index contributed by atoms with van der Waals surface area (Å²) in [5.74, 6) is -1.63. The predicted octanol–water partition coefficient (Wildman–Crippen LogP) is 5.33. The van der Waals surface area contributed by atoms with E-state index in [2.05, 4.69) is 37.2 Å². The first-order valence-corrected chi connectivity index (χ1v) is 11.8. The highest BCUT2D eigenvalue weighted by Crippen LogP contribution is 2.45. The first kappa shape index (κ1) is 21.5. The van der Waals surface area contributed by atoms with E-state index in [0.29, 0.717) is 29.2 Å². The van der Waals surface area contributed by atoms with E-state index in [9.17, 15) is 14.4 Å². The van der Waals surface area contributed by atoms with Crippen LogP contribution in [0.25, 0.3) is 0 Å². The zero-order valence-corrected chi connectivity index (χ0v) is 20.0. The van der Waals surface area contributed by atoms with Crippen molar-refractivity contribution in [2.75, 3.05) is 10.2 Å². The van der Waals surface area contributed by atoms with Crippen LogP contribution in [0.5, 0.6) is 0 Å². The number of anilines is 2. The number of nitrogens with zero attached hydrogens (tertiary/aromatic N) is 1. The second-order valence-corrected chi connectivity index (χ2v) is 10.4. The van der Waals surface area contributed by atoms with E-state index in [1.165, 1.54) is 4.90 Å². The fourth-order valence-corrected chi connectivity index (χ4v) is 5.52. The summed E-state index contributed by atoms with van der Waals surface area (Å²) in [7, 11) is 0. The molecule has 0 unspecified atom stereocenters. The van der Waals surface area contributed by atoms with E-state index >= 15 is 0 Å². The van der Waals surface area contributed by atoms with E-state index in [0.717, 1.165) is 5.56 Å². The first-order valence-electron chi connectivity index (χ1n) is 9.60. The van der Waals surface area contributed by atoms with Crippen LogP contribution in [0, 0.1) is 18.8 Å². The van der Waals surface area contributed by atoms with Crippen molar-refractivity contribution in [3.63, 3.8) is 0 Å². The summed E-state index contributed by atoms with van der Waals surface area (Å²) in [5.41, 5.74) is 2.02. The average molecular weight is 555 g/mol. The molecule has 30 heavy (non-hydrogen) atoms. The minimum absolute atomic E-state index is 0.125. The van der Waals surface area contributed by atoms with Gasteiger partial charge in [-0.1, -0.05) is 61.7 Å². The van der Waals surface area contributed by atoms with Crippen molar-refractivity contribution in [3.05, 3.63) is 58.6 Å². The average Bonchev–Trinajstić information content (AvgIpc) is 2.95. The number of amides is 3. The number of para-hydroxylation sites is 1. The van der Waals surface area contributed by atoms with Crippen LogP contribution in [0.4, 0.5) is 11.4 Å². The second kappa shape index (κ2) is 8.44. The Balaban J connectivity index is 1.67. The number of fused-ring (bicyclic) bond motifs is 1. The SMILES string of the molecule is Cc1ccc(Cl)cc1NC(=O)c1ccccc1N1C(=O)[C@@H]2C[C@@H](Br)[C@@H](Br)C[C@H]2C1=O. The van der Waals surface area contributed by atoms with Crippen LogP contribution in [0.1, 0.15) is 28.8 Å². The maximum absolute atomic E-state index is 13.2. The van der Waals surface area contributed by atoms with Gasteiger partial charge in [-0.3, -0.25) is 14.4 Å². The van der Waals surface area contributed by atoms with Gasteiger partial charge in [-0.15, -0.1) is 0 Å². The van der Waals surface area contributed by atoms with E-state index in [-0.39, 0.29) is 38.9 Å². The lowest BCUT2D eigenvalue weighted by Gasteiger charge is -2.29. The highest BCUT2D eigenvalue weighted by Gasteiger charge is 2.52. The Kier molecular flexibility index (Phi) is 6.06. The summed E-state index contributed by atoms with van der Waals surface area (Å²) in [6, 6.07) is 11.9. The van der Waals surface area contributed by atoms with E-state index in [4.69, 9.17) is 11.6 Å². The number of benzene rings is 2. The topological polar surface area (TPSA) is 66.5 Å². The number of imide groups is 1. The Morgan fingerprint density at radius 1 is 1.03 bits per heavy atom. The molecule has 1 aliphatic heterocycles. The maximum atomic E-state index is 13.2. The fourth-order valence-electron chi connectivity index (χ4n) is 4.11. The number of halogens is 3. The lowest BCUT2D eigenvalue weighted by Crippen LogP contribution is -2.34. The molecule has 0 aromatic heterocycles. The second-order valence-electron chi connectivity index (χ2n) is 7.66. The lowest BCUT2D eigenvalue weighted by atomic mass is 9.81. The molecule has 5 nitrogen and oxygen atoms in total. The summed E-state index contributed by atoms with van der Waals surface area (Å²) in [4.78, 5) is 40.8. The van der Waals surface area contributed by atoms with E-state index in [1.807, 2.05) is 13.0 Å². The molecule has 1 saturated carbocycles. The molecule has 1 aliphatic carbocycles. The number of carbonyl (C=O) groups excluding carboxylic acids is 3. The molecule has 0 spiro atoms. The summed E-state index contributed by atoms with van der Waals surface area (Å²) >= 11 is 13.3. The van der Waals surface area contributed by atoms with Gasteiger partial charge in [-0.05, 0) is 49.6 Å². The van der Waals surface area contributed by atoms with Gasteiger partial charge in [0.2, 0.25) is 11.8 Å². The van der Waals surface area contributed by atoms with Gasteiger partial charge in [-0.25, -0.2) is 4.90 Å². The molecule has 2 aromatic rings. The van der Waals surface area contributed by atoms with Gasteiger partial charge in [0.25, 0.3) is 5.91 Å². The van der Waals surface area contributed by atoms with Gasteiger partial charge in [-0.2, -0.15) is 0 Å². The van der Waals surface area contributed by atoms with Crippen molar-refractivity contribution in [2.24, 2.45) is 11.8 Å². The third kappa shape index (κ3) is 3.83. The molecular weight excluding hydrogens is 536 g/mol. The van der Waals surface area contributed by atoms with Crippen LogP contribution >= 0.6 is 43.5 Å². The standard InChI is InChI=1S/C22H19Br2ClN2O3/c1-11-6-7-12(25)8-18(11)26-20(28)13-4-2-3-5-19(13)27-21(29)14-9-16(23)17(24)10-15(14)22(27)30/h2-8,14-17H,9-10H2,1H3,(H,26,28)/t14-,15-,16-,17+/m1/s1. The fraction of sp³-hybridized carbons (Fsp3) is 0.318. The van der Waals surface area contributed by atoms with Crippen LogP contribution in [-0.2, 0) is 9.59 Å².